The molecule has 2 aromatic rings. The molecule has 0 radical (unpaired) electrons. The summed E-state index contributed by atoms with van der Waals surface area (Å²) < 4.78 is 0. The Labute approximate surface area is 168 Å². The number of hydrogen-bond acceptors (Lipinski definition) is 5. The molecule has 2 atom stereocenters. The van der Waals surface area contributed by atoms with Crippen LogP contribution in [0.5, 0.6) is 5.75 Å². The van der Waals surface area contributed by atoms with E-state index in [-0.39, 0.29) is 48.1 Å². The molecule has 7 heteroatoms. The number of aromatic nitrogens is 1. The number of nitrogens with one attached hydrogen (secondary N) is 1. The van der Waals surface area contributed by atoms with Gasteiger partial charge in [0.25, 0.3) is 5.91 Å². The highest BCUT2D eigenvalue weighted by molar-refractivity contribution is 6.30. The van der Waals surface area contributed by atoms with Crippen LogP contribution in [0.25, 0.3) is 0 Å². The van der Waals surface area contributed by atoms with Crippen LogP contribution in [0, 0.1) is 0 Å². The summed E-state index contributed by atoms with van der Waals surface area (Å²) in [5, 5.41) is 22.9. The molecule has 2 unspecified atom stereocenters. The molecule has 1 aliphatic carbocycles. The molecule has 1 fully saturated rings. The number of nitrogens with zero attached hydrogens (tertiary/aromatic N) is 1. The van der Waals surface area contributed by atoms with Crippen molar-refractivity contribution >= 4 is 23.3 Å². The SMILES string of the molecule is O=C(Cc1ccnc(C(=O)NC2CCCC(O)C2)c1)Cc1cc(Cl)ccc1O. The number of phenols is 1. The maximum Gasteiger partial charge on any atom is 0.270 e. The second kappa shape index (κ2) is 9.17. The third kappa shape index (κ3) is 5.53. The zero-order chi connectivity index (χ0) is 20.1. The summed E-state index contributed by atoms with van der Waals surface area (Å²) in [6.45, 7) is 0. The maximum absolute atomic E-state index is 12.4. The molecule has 0 bridgehead atoms. The van der Waals surface area contributed by atoms with Crippen LogP contribution in [-0.2, 0) is 17.6 Å². The summed E-state index contributed by atoms with van der Waals surface area (Å²) in [5.74, 6) is -0.381. The van der Waals surface area contributed by atoms with Crippen LogP contribution in [0.3, 0.4) is 0 Å². The van der Waals surface area contributed by atoms with Gasteiger partial charge in [0.15, 0.2) is 0 Å². The predicted octanol–water partition coefficient (Wildman–Crippen LogP) is 2.83. The number of Topliss-reactive ketones (excluding diaryl/α,β-unsaturated/α-hetero) is 1. The normalized spacial score (nSPS) is 19.2. The molecule has 1 amide bonds. The van der Waals surface area contributed by atoms with Gasteiger partial charge in [-0.3, -0.25) is 14.6 Å². The highest BCUT2D eigenvalue weighted by Gasteiger charge is 2.22. The van der Waals surface area contributed by atoms with Crippen LogP contribution in [0.15, 0.2) is 36.5 Å². The van der Waals surface area contributed by atoms with Crippen molar-refractivity contribution in [2.45, 2.75) is 50.7 Å². The largest absolute Gasteiger partial charge is 0.508 e. The Hall–Kier alpha value is -2.44. The van der Waals surface area contributed by atoms with Gasteiger partial charge in [-0.05, 0) is 61.6 Å². The van der Waals surface area contributed by atoms with E-state index in [2.05, 4.69) is 10.3 Å². The van der Waals surface area contributed by atoms with Crippen molar-refractivity contribution in [1.82, 2.24) is 10.3 Å². The van der Waals surface area contributed by atoms with Gasteiger partial charge < -0.3 is 15.5 Å². The van der Waals surface area contributed by atoms with Gasteiger partial charge in [-0.25, -0.2) is 0 Å². The number of amides is 1. The Balaban J connectivity index is 1.61. The second-order valence-electron chi connectivity index (χ2n) is 7.21. The lowest BCUT2D eigenvalue weighted by Gasteiger charge is -2.26. The molecule has 1 aliphatic rings. The topological polar surface area (TPSA) is 99.5 Å². The van der Waals surface area contributed by atoms with Crippen molar-refractivity contribution < 1.29 is 19.8 Å². The first kappa shape index (κ1) is 20.3. The van der Waals surface area contributed by atoms with Crippen LogP contribution < -0.4 is 5.32 Å². The summed E-state index contributed by atoms with van der Waals surface area (Å²) in [4.78, 5) is 28.9. The van der Waals surface area contributed by atoms with Crippen molar-refractivity contribution in [3.05, 3.63) is 58.4 Å². The smallest absolute Gasteiger partial charge is 0.270 e. The molecule has 28 heavy (non-hydrogen) atoms. The lowest BCUT2D eigenvalue weighted by atomic mass is 9.93. The average molecular weight is 403 g/mol. The standard InChI is InChI=1S/C21H23ClN2O4/c22-15-4-5-20(27)14(10-15)11-18(26)8-13-6-7-23-19(9-13)21(28)24-16-2-1-3-17(25)12-16/h4-7,9-10,16-17,25,27H,1-3,8,11-12H2,(H,24,28). The first-order chi connectivity index (χ1) is 13.4. The van der Waals surface area contributed by atoms with Gasteiger partial charge in [0, 0.05) is 35.7 Å². The Morgan fingerprint density at radius 1 is 1.18 bits per heavy atom. The van der Waals surface area contributed by atoms with Gasteiger partial charge in [0.1, 0.15) is 17.2 Å². The molecule has 0 aliphatic heterocycles. The van der Waals surface area contributed by atoms with Crippen molar-refractivity contribution in [2.75, 3.05) is 0 Å². The number of rotatable bonds is 6. The Kier molecular flexibility index (Phi) is 6.65. The van der Waals surface area contributed by atoms with E-state index in [1.54, 1.807) is 24.3 Å². The number of aromatic hydroxyl groups is 1. The molecule has 1 heterocycles. The summed E-state index contributed by atoms with van der Waals surface area (Å²) in [7, 11) is 0. The van der Waals surface area contributed by atoms with E-state index in [9.17, 15) is 19.8 Å². The number of aliphatic hydroxyl groups excluding tert-OH is 1. The van der Waals surface area contributed by atoms with Crippen LogP contribution in [0.1, 0.15) is 47.3 Å². The number of phenolic OH excluding ortho intramolecular Hbond substituents is 1. The molecule has 1 aromatic heterocycles. The van der Waals surface area contributed by atoms with Gasteiger partial charge in [0.2, 0.25) is 0 Å². The zero-order valence-electron chi connectivity index (χ0n) is 15.4. The number of carbonyl (C=O) groups excluding carboxylic acids is 2. The number of hydrogen-bond donors (Lipinski definition) is 3. The predicted molar refractivity (Wildman–Crippen MR) is 105 cm³/mol. The molecular weight excluding hydrogens is 380 g/mol. The summed E-state index contributed by atoms with van der Waals surface area (Å²) in [6.07, 6.45) is 4.34. The third-order valence-corrected chi connectivity index (χ3v) is 5.10. The Morgan fingerprint density at radius 2 is 2.00 bits per heavy atom. The first-order valence-corrected chi connectivity index (χ1v) is 9.71. The van der Waals surface area contributed by atoms with Gasteiger partial charge in [-0.1, -0.05) is 11.6 Å². The minimum Gasteiger partial charge on any atom is -0.508 e. The van der Waals surface area contributed by atoms with Crippen molar-refractivity contribution in [1.29, 1.82) is 0 Å². The molecule has 1 saturated carbocycles. The van der Waals surface area contributed by atoms with E-state index in [4.69, 9.17) is 11.6 Å². The number of ketones is 1. The van der Waals surface area contributed by atoms with Crippen LogP contribution in [0.4, 0.5) is 0 Å². The Morgan fingerprint density at radius 3 is 2.79 bits per heavy atom. The van der Waals surface area contributed by atoms with E-state index in [1.165, 1.54) is 12.3 Å². The molecule has 1 aromatic carbocycles. The van der Waals surface area contributed by atoms with Crippen LogP contribution in [-0.4, -0.2) is 39.0 Å². The van der Waals surface area contributed by atoms with Crippen LogP contribution in [0.2, 0.25) is 5.02 Å². The monoisotopic (exact) mass is 402 g/mol. The molecule has 148 valence electrons. The fraction of sp³-hybridized carbons (Fsp3) is 0.381. The fourth-order valence-electron chi connectivity index (χ4n) is 3.46. The second-order valence-corrected chi connectivity index (χ2v) is 7.64. The highest BCUT2D eigenvalue weighted by Crippen LogP contribution is 2.22. The molecule has 3 rings (SSSR count). The van der Waals surface area contributed by atoms with Crippen molar-refractivity contribution in [2.24, 2.45) is 0 Å². The van der Waals surface area contributed by atoms with Crippen molar-refractivity contribution in [3.8, 4) is 5.75 Å². The van der Waals surface area contributed by atoms with E-state index < -0.39 is 0 Å². The van der Waals surface area contributed by atoms with E-state index >= 15 is 0 Å². The summed E-state index contributed by atoms with van der Waals surface area (Å²) in [6, 6.07) is 7.82. The Bertz CT molecular complexity index is 871. The third-order valence-electron chi connectivity index (χ3n) is 4.87. The number of halogens is 1. The van der Waals surface area contributed by atoms with Crippen LogP contribution >= 0.6 is 11.6 Å². The van der Waals surface area contributed by atoms with Gasteiger partial charge in [-0.15, -0.1) is 0 Å². The highest BCUT2D eigenvalue weighted by atomic mass is 35.5. The summed E-state index contributed by atoms with van der Waals surface area (Å²) in [5.41, 5.74) is 1.40. The van der Waals surface area contributed by atoms with Crippen molar-refractivity contribution in [3.63, 3.8) is 0 Å². The molecule has 0 spiro atoms. The molecular formula is C21H23ClN2O4. The first-order valence-electron chi connectivity index (χ1n) is 9.33. The number of carbonyl (C=O) groups is 2. The number of benzene rings is 1. The maximum atomic E-state index is 12.4. The summed E-state index contributed by atoms with van der Waals surface area (Å²) >= 11 is 5.91. The number of aliphatic hydroxyl groups is 1. The van der Waals surface area contributed by atoms with E-state index in [1.807, 2.05) is 0 Å². The molecule has 3 N–H and O–H groups in total. The minimum atomic E-state index is -0.376. The fourth-order valence-corrected chi connectivity index (χ4v) is 3.66. The quantitative estimate of drug-likeness (QED) is 0.690. The minimum absolute atomic E-state index is 0.0298. The van der Waals surface area contributed by atoms with Gasteiger partial charge in [-0.2, -0.15) is 0 Å². The van der Waals surface area contributed by atoms with E-state index in [0.717, 1.165) is 19.3 Å². The zero-order valence-corrected chi connectivity index (χ0v) is 16.2. The molecule has 0 saturated heterocycles. The molecule has 6 nitrogen and oxygen atoms in total. The lowest BCUT2D eigenvalue weighted by Crippen LogP contribution is -2.40. The number of pyridine rings is 1. The lowest BCUT2D eigenvalue weighted by molar-refractivity contribution is -0.117. The average Bonchev–Trinajstić information content (AvgIpc) is 2.65. The van der Waals surface area contributed by atoms with Gasteiger partial charge >= 0.3 is 0 Å². The van der Waals surface area contributed by atoms with E-state index in [0.29, 0.717) is 22.6 Å². The van der Waals surface area contributed by atoms with Gasteiger partial charge in [0.05, 0.1) is 6.10 Å².